The Kier molecular flexibility index (Phi) is 2.23. The number of nitrogens with one attached hydrogen (secondary N) is 1. The van der Waals surface area contributed by atoms with Gasteiger partial charge in [-0.1, -0.05) is 0 Å². The summed E-state index contributed by atoms with van der Waals surface area (Å²) in [4.78, 5) is 9.65. The lowest BCUT2D eigenvalue weighted by atomic mass is 10.3. The van der Waals surface area contributed by atoms with Gasteiger partial charge < -0.3 is 10.6 Å². The summed E-state index contributed by atoms with van der Waals surface area (Å²) < 4.78 is 0. The normalized spacial score (nSPS) is 9.50. The molecule has 12 heavy (non-hydrogen) atoms. The molecule has 5 nitrogen and oxygen atoms in total. The summed E-state index contributed by atoms with van der Waals surface area (Å²) in [5, 5.41) is 7.14. The lowest BCUT2D eigenvalue weighted by molar-refractivity contribution is 1.03. The van der Waals surface area contributed by atoms with Crippen molar-refractivity contribution in [3.05, 3.63) is 18.1 Å². The molecule has 0 radical (unpaired) electrons. The maximum absolute atomic E-state index is 7.14. The molecule has 0 saturated heterocycles. The van der Waals surface area contributed by atoms with Crippen molar-refractivity contribution in [3.8, 4) is 0 Å². The average molecular weight is 165 g/mol. The molecule has 0 unspecified atom stereocenters. The topological polar surface area (TPSA) is 78.9 Å². The van der Waals surface area contributed by atoms with Gasteiger partial charge in [0, 0.05) is 20.2 Å². The van der Waals surface area contributed by atoms with E-state index in [2.05, 4.69) is 9.97 Å². The molecule has 0 aliphatic rings. The van der Waals surface area contributed by atoms with Crippen molar-refractivity contribution in [2.75, 3.05) is 19.0 Å². The summed E-state index contributed by atoms with van der Waals surface area (Å²) in [5.74, 6) is 0.704. The van der Waals surface area contributed by atoms with Gasteiger partial charge in [-0.05, 0) is 0 Å². The molecule has 1 rings (SSSR count). The highest BCUT2D eigenvalue weighted by atomic mass is 15.1. The van der Waals surface area contributed by atoms with Crippen molar-refractivity contribution < 1.29 is 0 Å². The van der Waals surface area contributed by atoms with Gasteiger partial charge in [-0.3, -0.25) is 5.41 Å². The van der Waals surface area contributed by atoms with E-state index in [-0.39, 0.29) is 5.84 Å². The highest BCUT2D eigenvalue weighted by molar-refractivity contribution is 5.93. The van der Waals surface area contributed by atoms with Crippen molar-refractivity contribution in [1.82, 2.24) is 9.97 Å². The van der Waals surface area contributed by atoms with Crippen molar-refractivity contribution in [2.24, 2.45) is 5.73 Å². The predicted molar refractivity (Wildman–Crippen MR) is 47.4 cm³/mol. The van der Waals surface area contributed by atoms with Crippen LogP contribution in [0.5, 0.6) is 0 Å². The van der Waals surface area contributed by atoms with Gasteiger partial charge in [0.05, 0.1) is 0 Å². The first-order valence-corrected chi connectivity index (χ1v) is 3.45. The summed E-state index contributed by atoms with van der Waals surface area (Å²) in [6, 6.07) is 1.67. The Bertz CT molecular complexity index is 294. The third kappa shape index (κ3) is 1.69. The van der Waals surface area contributed by atoms with Crippen molar-refractivity contribution in [1.29, 1.82) is 5.41 Å². The van der Waals surface area contributed by atoms with Gasteiger partial charge in [0.1, 0.15) is 23.7 Å². The van der Waals surface area contributed by atoms with Crippen LogP contribution >= 0.6 is 0 Å². The van der Waals surface area contributed by atoms with Crippen LogP contribution in [0.1, 0.15) is 5.69 Å². The molecule has 0 fully saturated rings. The Morgan fingerprint density at radius 3 is 2.67 bits per heavy atom. The van der Waals surface area contributed by atoms with Crippen molar-refractivity contribution in [2.45, 2.75) is 0 Å². The fraction of sp³-hybridized carbons (Fsp3) is 0.286. The third-order valence-corrected chi connectivity index (χ3v) is 1.39. The number of nitrogen functional groups attached to an aromatic ring is 1. The van der Waals surface area contributed by atoms with E-state index in [1.807, 2.05) is 19.0 Å². The molecule has 0 aliphatic carbocycles. The van der Waals surface area contributed by atoms with Gasteiger partial charge in [0.2, 0.25) is 0 Å². The minimum absolute atomic E-state index is 0.0412. The van der Waals surface area contributed by atoms with Crippen LogP contribution in [0.2, 0.25) is 0 Å². The molecule has 0 aromatic carbocycles. The van der Waals surface area contributed by atoms with Crippen LogP contribution in [0.3, 0.4) is 0 Å². The summed E-state index contributed by atoms with van der Waals surface area (Å²) in [7, 11) is 3.73. The number of anilines is 1. The number of amidine groups is 1. The first-order valence-electron chi connectivity index (χ1n) is 3.45. The predicted octanol–water partition coefficient (Wildman–Crippen LogP) is -0.173. The van der Waals surface area contributed by atoms with Gasteiger partial charge in [0.15, 0.2) is 0 Å². The molecule has 3 N–H and O–H groups in total. The van der Waals surface area contributed by atoms with Crippen LogP contribution in [-0.4, -0.2) is 29.9 Å². The van der Waals surface area contributed by atoms with Crippen LogP contribution in [0, 0.1) is 5.41 Å². The second-order valence-electron chi connectivity index (χ2n) is 2.57. The number of hydrogen-bond acceptors (Lipinski definition) is 4. The van der Waals surface area contributed by atoms with Gasteiger partial charge in [-0.25, -0.2) is 9.97 Å². The molecule has 0 amide bonds. The number of hydrogen-bond donors (Lipinski definition) is 2. The van der Waals surface area contributed by atoms with Crippen LogP contribution in [0.15, 0.2) is 12.4 Å². The summed E-state index contributed by atoms with van der Waals surface area (Å²) in [6.45, 7) is 0. The Morgan fingerprint density at radius 2 is 2.17 bits per heavy atom. The zero-order chi connectivity index (χ0) is 9.14. The van der Waals surface area contributed by atoms with Gasteiger partial charge in [-0.15, -0.1) is 0 Å². The molecule has 0 atom stereocenters. The van der Waals surface area contributed by atoms with Crippen LogP contribution in [-0.2, 0) is 0 Å². The lowest BCUT2D eigenvalue weighted by Gasteiger charge is -2.10. The highest BCUT2D eigenvalue weighted by Gasteiger charge is 2.01. The first-order chi connectivity index (χ1) is 5.61. The molecule has 5 heteroatoms. The molecular weight excluding hydrogens is 154 g/mol. The second kappa shape index (κ2) is 3.17. The molecule has 64 valence electrons. The molecule has 1 aromatic heterocycles. The SMILES string of the molecule is CN(C)c1cc(C(=N)N)ncn1. The first kappa shape index (κ1) is 8.45. The zero-order valence-electron chi connectivity index (χ0n) is 7.07. The maximum atomic E-state index is 7.14. The Hall–Kier alpha value is -1.65. The fourth-order valence-electron chi connectivity index (χ4n) is 0.739. The average Bonchev–Trinajstić information content (AvgIpc) is 2.04. The number of rotatable bonds is 2. The summed E-state index contributed by atoms with van der Waals surface area (Å²) >= 11 is 0. The quantitative estimate of drug-likeness (QED) is 0.471. The van der Waals surface area contributed by atoms with E-state index in [1.54, 1.807) is 6.07 Å². The van der Waals surface area contributed by atoms with E-state index in [4.69, 9.17) is 11.1 Å². The maximum Gasteiger partial charge on any atom is 0.142 e. The molecule has 0 saturated carbocycles. The largest absolute Gasteiger partial charge is 0.382 e. The molecule has 0 aliphatic heterocycles. The van der Waals surface area contributed by atoms with E-state index in [9.17, 15) is 0 Å². The fourth-order valence-corrected chi connectivity index (χ4v) is 0.739. The molecular formula is C7H11N5. The Labute approximate surface area is 70.8 Å². The standard InChI is InChI=1S/C7H11N5/c1-12(2)6-3-5(7(8)9)10-4-11-6/h3-4H,1-2H3,(H3,8,9). The number of nitrogens with zero attached hydrogens (tertiary/aromatic N) is 3. The Balaban J connectivity index is 3.04. The minimum Gasteiger partial charge on any atom is -0.382 e. The molecule has 0 spiro atoms. The summed E-state index contributed by atoms with van der Waals surface area (Å²) in [5.41, 5.74) is 5.71. The van der Waals surface area contributed by atoms with E-state index in [0.717, 1.165) is 5.82 Å². The summed E-state index contributed by atoms with van der Waals surface area (Å²) in [6.07, 6.45) is 1.39. The monoisotopic (exact) mass is 165 g/mol. The van der Waals surface area contributed by atoms with E-state index in [1.165, 1.54) is 6.33 Å². The van der Waals surface area contributed by atoms with Gasteiger partial charge in [0.25, 0.3) is 0 Å². The van der Waals surface area contributed by atoms with Gasteiger partial charge in [-0.2, -0.15) is 0 Å². The van der Waals surface area contributed by atoms with Crippen LogP contribution < -0.4 is 10.6 Å². The minimum atomic E-state index is -0.0412. The molecule has 1 aromatic rings. The van der Waals surface area contributed by atoms with Crippen LogP contribution in [0.4, 0.5) is 5.82 Å². The Morgan fingerprint density at radius 1 is 1.50 bits per heavy atom. The van der Waals surface area contributed by atoms with Crippen molar-refractivity contribution >= 4 is 11.7 Å². The van der Waals surface area contributed by atoms with Gasteiger partial charge >= 0.3 is 0 Å². The number of nitrogens with two attached hydrogens (primary N) is 1. The molecule has 0 bridgehead atoms. The van der Waals surface area contributed by atoms with E-state index >= 15 is 0 Å². The highest BCUT2D eigenvalue weighted by Crippen LogP contribution is 2.05. The van der Waals surface area contributed by atoms with Crippen LogP contribution in [0.25, 0.3) is 0 Å². The zero-order valence-corrected chi connectivity index (χ0v) is 7.07. The third-order valence-electron chi connectivity index (χ3n) is 1.39. The van der Waals surface area contributed by atoms with Crippen molar-refractivity contribution in [3.63, 3.8) is 0 Å². The smallest absolute Gasteiger partial charge is 0.142 e. The van der Waals surface area contributed by atoms with E-state index < -0.39 is 0 Å². The lowest BCUT2D eigenvalue weighted by Crippen LogP contribution is -2.16. The van der Waals surface area contributed by atoms with E-state index in [0.29, 0.717) is 5.69 Å². The number of aromatic nitrogens is 2. The second-order valence-corrected chi connectivity index (χ2v) is 2.57. The molecule has 1 heterocycles.